The van der Waals surface area contributed by atoms with Gasteiger partial charge in [-0.25, -0.2) is 0 Å². The van der Waals surface area contributed by atoms with Crippen molar-refractivity contribution in [3.05, 3.63) is 22.6 Å². The Morgan fingerprint density at radius 1 is 0.957 bits per heavy atom. The zero-order chi connectivity index (χ0) is 16.2. The minimum atomic E-state index is -0.0948. The summed E-state index contributed by atoms with van der Waals surface area (Å²) in [6.45, 7) is 2.63. The summed E-state index contributed by atoms with van der Waals surface area (Å²) in [7, 11) is 0. The van der Waals surface area contributed by atoms with Crippen LogP contribution in [0.25, 0.3) is 0 Å². The quantitative estimate of drug-likeness (QED) is 0.788. The highest BCUT2D eigenvalue weighted by molar-refractivity contribution is 9.10. The van der Waals surface area contributed by atoms with Crippen molar-refractivity contribution < 1.29 is 14.0 Å². The minimum Gasteiger partial charge on any atom is -0.444 e. The maximum atomic E-state index is 12.7. The summed E-state index contributed by atoms with van der Waals surface area (Å²) in [6, 6.07) is 3.41. The van der Waals surface area contributed by atoms with Gasteiger partial charge in [0.05, 0.1) is 0 Å². The normalized spacial score (nSPS) is 20.4. The molecule has 2 amide bonds. The molecule has 1 aromatic rings. The fraction of sp³-hybridized carbons (Fsp3) is 0.647. The molecule has 6 heteroatoms. The lowest BCUT2D eigenvalue weighted by molar-refractivity contribution is -0.136. The van der Waals surface area contributed by atoms with Crippen molar-refractivity contribution >= 4 is 27.7 Å². The molecule has 0 bridgehead atoms. The predicted molar refractivity (Wildman–Crippen MR) is 90.1 cm³/mol. The van der Waals surface area contributed by atoms with E-state index in [9.17, 15) is 9.59 Å². The Kier molecular flexibility index (Phi) is 5.41. The molecule has 0 spiro atoms. The van der Waals surface area contributed by atoms with Gasteiger partial charge in [-0.3, -0.25) is 9.59 Å². The molecule has 23 heavy (non-hydrogen) atoms. The average molecular weight is 383 g/mol. The van der Waals surface area contributed by atoms with Crippen LogP contribution in [0.5, 0.6) is 0 Å². The molecular formula is C17H23BrN2O3. The first-order chi connectivity index (χ1) is 11.1. The number of hydrogen-bond donors (Lipinski definition) is 0. The SMILES string of the molecule is O=C(c1ccc(Br)o1)N1CCCN(C(=O)C2CCCCC2)CC1. The van der Waals surface area contributed by atoms with E-state index in [1.165, 1.54) is 19.3 Å². The molecule has 1 aliphatic carbocycles. The van der Waals surface area contributed by atoms with Gasteiger partial charge in [0.2, 0.25) is 5.91 Å². The van der Waals surface area contributed by atoms with E-state index in [0.717, 1.165) is 25.8 Å². The van der Waals surface area contributed by atoms with Crippen molar-refractivity contribution in [2.45, 2.75) is 38.5 Å². The van der Waals surface area contributed by atoms with Crippen LogP contribution in [0.15, 0.2) is 21.2 Å². The smallest absolute Gasteiger partial charge is 0.289 e. The Hall–Kier alpha value is -1.30. The van der Waals surface area contributed by atoms with Gasteiger partial charge in [0.25, 0.3) is 5.91 Å². The topological polar surface area (TPSA) is 53.8 Å². The summed E-state index contributed by atoms with van der Waals surface area (Å²) in [5.74, 6) is 0.748. The summed E-state index contributed by atoms with van der Waals surface area (Å²) in [6.07, 6.45) is 6.47. The molecule has 0 N–H and O–H groups in total. The van der Waals surface area contributed by atoms with Gasteiger partial charge in [-0.2, -0.15) is 0 Å². The molecule has 2 aliphatic rings. The van der Waals surface area contributed by atoms with Gasteiger partial charge in [0.1, 0.15) is 0 Å². The lowest BCUT2D eigenvalue weighted by atomic mass is 9.88. The maximum Gasteiger partial charge on any atom is 0.289 e. The largest absolute Gasteiger partial charge is 0.444 e. The molecule has 1 aromatic heterocycles. The minimum absolute atomic E-state index is 0.0948. The first-order valence-electron chi connectivity index (χ1n) is 8.48. The molecule has 0 unspecified atom stereocenters. The van der Waals surface area contributed by atoms with Crippen molar-refractivity contribution in [1.29, 1.82) is 0 Å². The number of halogens is 1. The number of hydrogen-bond acceptors (Lipinski definition) is 3. The second-order valence-electron chi connectivity index (χ2n) is 6.41. The summed E-state index contributed by atoms with van der Waals surface area (Å²) in [5, 5.41) is 0. The monoisotopic (exact) mass is 382 g/mol. The Labute approximate surface area is 145 Å². The molecule has 1 saturated carbocycles. The third-order valence-electron chi connectivity index (χ3n) is 4.83. The summed E-state index contributed by atoms with van der Waals surface area (Å²) < 4.78 is 5.91. The van der Waals surface area contributed by atoms with E-state index in [1.807, 2.05) is 4.90 Å². The van der Waals surface area contributed by atoms with Crippen LogP contribution in [0.1, 0.15) is 49.1 Å². The molecule has 5 nitrogen and oxygen atoms in total. The average Bonchev–Trinajstić information content (AvgIpc) is 2.87. The Balaban J connectivity index is 1.58. The van der Waals surface area contributed by atoms with E-state index in [2.05, 4.69) is 15.9 Å². The maximum absolute atomic E-state index is 12.7. The molecule has 0 atom stereocenters. The Bertz CT molecular complexity index is 566. The van der Waals surface area contributed by atoms with E-state index in [1.54, 1.807) is 17.0 Å². The third kappa shape index (κ3) is 3.97. The van der Waals surface area contributed by atoms with Crippen LogP contribution in [0.3, 0.4) is 0 Å². The van der Waals surface area contributed by atoms with E-state index >= 15 is 0 Å². The molecule has 0 radical (unpaired) electrons. The molecule has 2 fully saturated rings. The number of amides is 2. The van der Waals surface area contributed by atoms with Crippen molar-refractivity contribution in [2.24, 2.45) is 5.92 Å². The second kappa shape index (κ2) is 7.51. The number of rotatable bonds is 2. The van der Waals surface area contributed by atoms with Crippen molar-refractivity contribution in [1.82, 2.24) is 9.80 Å². The number of carbonyl (C=O) groups is 2. The third-order valence-corrected chi connectivity index (χ3v) is 5.26. The van der Waals surface area contributed by atoms with Gasteiger partial charge in [-0.15, -0.1) is 0 Å². The number of furan rings is 1. The first kappa shape index (κ1) is 16.6. The van der Waals surface area contributed by atoms with Crippen LogP contribution in [-0.4, -0.2) is 47.8 Å². The molecule has 0 aromatic carbocycles. The van der Waals surface area contributed by atoms with Gasteiger partial charge in [0.15, 0.2) is 10.4 Å². The van der Waals surface area contributed by atoms with Crippen molar-refractivity contribution in [3.8, 4) is 0 Å². The highest BCUT2D eigenvalue weighted by Gasteiger charge is 2.29. The standard InChI is InChI=1S/C17H23BrN2O3/c18-15-8-7-14(23-15)17(22)20-10-4-9-19(11-12-20)16(21)13-5-2-1-3-6-13/h7-8,13H,1-6,9-12H2. The van der Waals surface area contributed by atoms with Gasteiger partial charge < -0.3 is 14.2 Å². The van der Waals surface area contributed by atoms with Gasteiger partial charge in [-0.05, 0) is 47.3 Å². The fourth-order valence-corrected chi connectivity index (χ4v) is 3.84. The first-order valence-corrected chi connectivity index (χ1v) is 9.28. The van der Waals surface area contributed by atoms with Crippen LogP contribution >= 0.6 is 15.9 Å². The van der Waals surface area contributed by atoms with Gasteiger partial charge in [-0.1, -0.05) is 19.3 Å². The Morgan fingerprint density at radius 2 is 1.65 bits per heavy atom. The van der Waals surface area contributed by atoms with Crippen LogP contribution in [0.2, 0.25) is 0 Å². The van der Waals surface area contributed by atoms with Crippen LogP contribution < -0.4 is 0 Å². The van der Waals surface area contributed by atoms with E-state index in [4.69, 9.17) is 4.42 Å². The predicted octanol–water partition coefficient (Wildman–Crippen LogP) is 3.30. The molecule has 1 aliphatic heterocycles. The molecule has 126 valence electrons. The number of nitrogens with zero attached hydrogens (tertiary/aromatic N) is 2. The van der Waals surface area contributed by atoms with Crippen LogP contribution in [0.4, 0.5) is 0 Å². The van der Waals surface area contributed by atoms with E-state index in [-0.39, 0.29) is 11.8 Å². The van der Waals surface area contributed by atoms with E-state index in [0.29, 0.717) is 36.0 Å². The van der Waals surface area contributed by atoms with Crippen LogP contribution in [0, 0.1) is 5.92 Å². The van der Waals surface area contributed by atoms with Crippen LogP contribution in [-0.2, 0) is 4.79 Å². The number of carbonyl (C=O) groups excluding carboxylic acids is 2. The molecule has 1 saturated heterocycles. The second-order valence-corrected chi connectivity index (χ2v) is 7.19. The fourth-order valence-electron chi connectivity index (χ4n) is 3.53. The van der Waals surface area contributed by atoms with E-state index < -0.39 is 0 Å². The highest BCUT2D eigenvalue weighted by atomic mass is 79.9. The Morgan fingerprint density at radius 3 is 2.35 bits per heavy atom. The summed E-state index contributed by atoms with van der Waals surface area (Å²) >= 11 is 3.22. The zero-order valence-electron chi connectivity index (χ0n) is 13.3. The van der Waals surface area contributed by atoms with Gasteiger partial charge in [0, 0.05) is 32.1 Å². The molecule has 2 heterocycles. The summed E-state index contributed by atoms with van der Waals surface area (Å²) in [5.41, 5.74) is 0. The van der Waals surface area contributed by atoms with Gasteiger partial charge >= 0.3 is 0 Å². The molecule has 3 rings (SSSR count). The van der Waals surface area contributed by atoms with Crippen molar-refractivity contribution in [3.63, 3.8) is 0 Å². The highest BCUT2D eigenvalue weighted by Crippen LogP contribution is 2.26. The lowest BCUT2D eigenvalue weighted by Crippen LogP contribution is -2.40. The molecular weight excluding hydrogens is 360 g/mol. The van der Waals surface area contributed by atoms with Crippen molar-refractivity contribution in [2.75, 3.05) is 26.2 Å². The zero-order valence-corrected chi connectivity index (χ0v) is 14.9. The lowest BCUT2D eigenvalue weighted by Gasteiger charge is -2.28. The summed E-state index contributed by atoms with van der Waals surface area (Å²) in [4.78, 5) is 28.9.